The van der Waals surface area contributed by atoms with Crippen LogP contribution in [-0.2, 0) is 17.1 Å². The van der Waals surface area contributed by atoms with Crippen LogP contribution in [0.2, 0.25) is 0 Å². The molecule has 1 saturated heterocycles. The molecule has 10 heteroatoms. The second-order valence-electron chi connectivity index (χ2n) is 8.15. The third-order valence-electron chi connectivity index (χ3n) is 6.09. The molecule has 0 bridgehead atoms. The highest BCUT2D eigenvalue weighted by Crippen LogP contribution is 2.31. The van der Waals surface area contributed by atoms with Crippen LogP contribution in [0.25, 0.3) is 10.9 Å². The first-order valence-electron chi connectivity index (χ1n) is 10.7. The maximum Gasteiger partial charge on any atom is 0.246 e. The Labute approximate surface area is 181 Å². The highest BCUT2D eigenvalue weighted by Gasteiger charge is 2.29. The summed E-state index contributed by atoms with van der Waals surface area (Å²) in [4.78, 5) is 11.2. The largest absolute Gasteiger partial charge is 0.474 e. The average Bonchev–Trinajstić information content (AvgIpc) is 3.46. The Bertz CT molecular complexity index is 1180. The summed E-state index contributed by atoms with van der Waals surface area (Å²) in [5, 5.41) is 4.89. The number of rotatable bonds is 5. The van der Waals surface area contributed by atoms with Crippen molar-refractivity contribution in [1.29, 1.82) is 0 Å². The molecule has 9 nitrogen and oxygen atoms in total. The lowest BCUT2D eigenvalue weighted by atomic mass is 10.2. The van der Waals surface area contributed by atoms with Crippen LogP contribution >= 0.6 is 0 Å². The van der Waals surface area contributed by atoms with E-state index < -0.39 is 10.0 Å². The number of hydrogen-bond acceptors (Lipinski definition) is 7. The van der Waals surface area contributed by atoms with Crippen molar-refractivity contribution in [2.45, 2.75) is 36.7 Å². The second kappa shape index (κ2) is 8.08. The molecular formula is C21H26N6O3S. The Hall–Kier alpha value is -2.72. The zero-order valence-electron chi connectivity index (χ0n) is 17.5. The molecule has 3 heterocycles. The molecule has 2 fully saturated rings. The van der Waals surface area contributed by atoms with E-state index in [0.29, 0.717) is 32.1 Å². The summed E-state index contributed by atoms with van der Waals surface area (Å²) in [5.41, 5.74) is 1.88. The molecule has 0 N–H and O–H groups in total. The number of ether oxygens (including phenoxy) is 1. The van der Waals surface area contributed by atoms with Crippen LogP contribution in [0.5, 0.6) is 5.88 Å². The molecule has 1 aliphatic carbocycles. The lowest BCUT2D eigenvalue weighted by Gasteiger charge is -2.35. The van der Waals surface area contributed by atoms with Crippen LogP contribution in [-0.4, -0.2) is 64.8 Å². The van der Waals surface area contributed by atoms with Crippen molar-refractivity contribution >= 4 is 26.6 Å². The average molecular weight is 443 g/mol. The summed E-state index contributed by atoms with van der Waals surface area (Å²) in [6.45, 7) is 2.06. The fourth-order valence-electron chi connectivity index (χ4n) is 4.34. The van der Waals surface area contributed by atoms with Crippen LogP contribution in [0.15, 0.2) is 41.8 Å². The zero-order valence-corrected chi connectivity index (χ0v) is 18.3. The molecule has 1 aliphatic heterocycles. The van der Waals surface area contributed by atoms with E-state index >= 15 is 0 Å². The first kappa shape index (κ1) is 20.2. The van der Waals surface area contributed by atoms with Gasteiger partial charge in [0, 0.05) is 45.1 Å². The summed E-state index contributed by atoms with van der Waals surface area (Å²) < 4.78 is 34.9. The molecule has 0 atom stereocenters. The third-order valence-corrected chi connectivity index (χ3v) is 7.94. The maximum atomic E-state index is 12.8. The van der Waals surface area contributed by atoms with Crippen molar-refractivity contribution in [3.05, 3.63) is 36.9 Å². The topological polar surface area (TPSA) is 93.5 Å². The van der Waals surface area contributed by atoms with Gasteiger partial charge in [-0.2, -0.15) is 9.40 Å². The molecule has 0 unspecified atom stereocenters. The van der Waals surface area contributed by atoms with E-state index in [-0.39, 0.29) is 11.0 Å². The Morgan fingerprint density at radius 3 is 2.55 bits per heavy atom. The van der Waals surface area contributed by atoms with E-state index in [1.165, 1.54) is 34.2 Å². The van der Waals surface area contributed by atoms with Crippen molar-refractivity contribution in [2.24, 2.45) is 7.05 Å². The summed E-state index contributed by atoms with van der Waals surface area (Å²) >= 11 is 0. The molecule has 5 rings (SSSR count). The smallest absolute Gasteiger partial charge is 0.246 e. The lowest BCUT2D eigenvalue weighted by Crippen LogP contribution is -2.48. The van der Waals surface area contributed by atoms with Gasteiger partial charge in [0.1, 0.15) is 17.3 Å². The highest BCUT2D eigenvalue weighted by atomic mass is 32.2. The normalized spacial score (nSPS) is 18.7. The van der Waals surface area contributed by atoms with E-state index in [4.69, 9.17) is 4.74 Å². The summed E-state index contributed by atoms with van der Waals surface area (Å²) in [7, 11) is -1.80. The van der Waals surface area contributed by atoms with E-state index in [0.717, 1.165) is 29.4 Å². The third kappa shape index (κ3) is 3.97. The monoisotopic (exact) mass is 442 g/mol. The van der Waals surface area contributed by atoms with Crippen LogP contribution in [0.1, 0.15) is 25.7 Å². The quantitative estimate of drug-likeness (QED) is 0.598. The predicted octanol–water partition coefficient (Wildman–Crippen LogP) is 2.20. The number of fused-ring (bicyclic) bond motifs is 1. The maximum absolute atomic E-state index is 12.8. The van der Waals surface area contributed by atoms with Gasteiger partial charge >= 0.3 is 0 Å². The Kier molecular flexibility index (Phi) is 5.27. The predicted molar refractivity (Wildman–Crippen MR) is 117 cm³/mol. The molecule has 164 valence electrons. The van der Waals surface area contributed by atoms with Gasteiger partial charge in [-0.3, -0.25) is 4.68 Å². The van der Waals surface area contributed by atoms with Crippen molar-refractivity contribution in [1.82, 2.24) is 24.1 Å². The molecular weight excluding hydrogens is 416 g/mol. The van der Waals surface area contributed by atoms with E-state index in [1.807, 2.05) is 12.1 Å². The highest BCUT2D eigenvalue weighted by molar-refractivity contribution is 7.89. The summed E-state index contributed by atoms with van der Waals surface area (Å²) in [6, 6.07) is 6.07. The number of benzene rings is 1. The van der Waals surface area contributed by atoms with Crippen molar-refractivity contribution in [3.63, 3.8) is 0 Å². The summed E-state index contributed by atoms with van der Waals surface area (Å²) in [5.74, 6) is 0.636. The molecule has 0 radical (unpaired) electrons. The number of anilines is 1. The first-order valence-corrected chi connectivity index (χ1v) is 12.1. The first-order chi connectivity index (χ1) is 15.0. The minimum Gasteiger partial charge on any atom is -0.474 e. The second-order valence-corrected chi connectivity index (χ2v) is 10.1. The standard InChI is InChI=1S/C21H26N6O3S/c1-25-14-18(13-24-25)31(28,29)27-10-8-26(9-11-27)16-6-7-20-19(12-16)21(23-15-22-20)30-17-4-2-3-5-17/h6-7,12-15,17H,2-5,8-11H2,1H3. The minimum atomic E-state index is -3.52. The molecule has 2 aromatic heterocycles. The Morgan fingerprint density at radius 2 is 1.84 bits per heavy atom. The van der Waals surface area contributed by atoms with Gasteiger partial charge in [-0.15, -0.1) is 0 Å². The van der Waals surface area contributed by atoms with Gasteiger partial charge in [-0.1, -0.05) is 0 Å². The molecule has 31 heavy (non-hydrogen) atoms. The fraction of sp³-hybridized carbons (Fsp3) is 0.476. The van der Waals surface area contributed by atoms with Crippen molar-refractivity contribution in [3.8, 4) is 5.88 Å². The lowest BCUT2D eigenvalue weighted by molar-refractivity contribution is 0.204. The molecule has 1 saturated carbocycles. The van der Waals surface area contributed by atoms with E-state index in [2.05, 4.69) is 26.0 Å². The van der Waals surface area contributed by atoms with Crippen LogP contribution in [0.3, 0.4) is 0 Å². The number of aromatic nitrogens is 4. The molecule has 2 aliphatic rings. The van der Waals surface area contributed by atoms with Gasteiger partial charge in [0.05, 0.1) is 17.1 Å². The van der Waals surface area contributed by atoms with Crippen molar-refractivity contribution < 1.29 is 13.2 Å². The van der Waals surface area contributed by atoms with E-state index in [9.17, 15) is 8.42 Å². The SMILES string of the molecule is Cn1cc(S(=O)(=O)N2CCN(c3ccc4ncnc(OC5CCCC5)c4c3)CC2)cn1. The molecule has 0 spiro atoms. The Morgan fingerprint density at radius 1 is 1.06 bits per heavy atom. The van der Waals surface area contributed by atoms with Gasteiger partial charge in [-0.05, 0) is 43.9 Å². The van der Waals surface area contributed by atoms with Crippen LogP contribution in [0, 0.1) is 0 Å². The van der Waals surface area contributed by atoms with Gasteiger partial charge in [0.15, 0.2) is 0 Å². The zero-order chi connectivity index (χ0) is 21.4. The van der Waals surface area contributed by atoms with Crippen LogP contribution < -0.4 is 9.64 Å². The van der Waals surface area contributed by atoms with Gasteiger partial charge < -0.3 is 9.64 Å². The number of piperazine rings is 1. The minimum absolute atomic E-state index is 0.225. The Balaban J connectivity index is 1.33. The fourth-order valence-corrected chi connectivity index (χ4v) is 5.75. The number of hydrogen-bond donors (Lipinski definition) is 0. The number of nitrogens with zero attached hydrogens (tertiary/aromatic N) is 6. The van der Waals surface area contributed by atoms with E-state index in [1.54, 1.807) is 13.4 Å². The van der Waals surface area contributed by atoms with Gasteiger partial charge in [-0.25, -0.2) is 18.4 Å². The number of aryl methyl sites for hydroxylation is 1. The van der Waals surface area contributed by atoms with Crippen LogP contribution in [0.4, 0.5) is 5.69 Å². The summed E-state index contributed by atoms with van der Waals surface area (Å²) in [6.07, 6.45) is 9.25. The van der Waals surface area contributed by atoms with Gasteiger partial charge in [0.25, 0.3) is 0 Å². The van der Waals surface area contributed by atoms with Crippen molar-refractivity contribution in [2.75, 3.05) is 31.1 Å². The molecule has 3 aromatic rings. The molecule has 0 amide bonds. The van der Waals surface area contributed by atoms with Gasteiger partial charge in [0.2, 0.25) is 15.9 Å². The molecule has 1 aromatic carbocycles. The number of sulfonamides is 1.